The highest BCUT2D eigenvalue weighted by molar-refractivity contribution is 4.78. The van der Waals surface area contributed by atoms with Crippen LogP contribution in [-0.2, 0) is 0 Å². The van der Waals surface area contributed by atoms with E-state index in [9.17, 15) is 0 Å². The summed E-state index contributed by atoms with van der Waals surface area (Å²) in [5.74, 6) is 0. The SMILES string of the molecule is CN1CCC(NCCCN2CCCCC2)C1. The van der Waals surface area contributed by atoms with Gasteiger partial charge in [0, 0.05) is 12.6 Å². The van der Waals surface area contributed by atoms with Gasteiger partial charge in [0.15, 0.2) is 0 Å². The average molecular weight is 225 g/mol. The maximum absolute atomic E-state index is 3.68. The first-order chi connectivity index (χ1) is 7.84. The Morgan fingerprint density at radius 1 is 1.12 bits per heavy atom. The van der Waals surface area contributed by atoms with Crippen molar-refractivity contribution in [3.05, 3.63) is 0 Å². The summed E-state index contributed by atoms with van der Waals surface area (Å²) in [6, 6.07) is 0.756. The number of likely N-dealkylation sites (N-methyl/N-ethyl adjacent to an activating group) is 1. The third-order valence-corrected chi connectivity index (χ3v) is 3.92. The Bertz CT molecular complexity index is 183. The predicted octanol–water partition coefficient (Wildman–Crippen LogP) is 1.16. The molecule has 1 N–H and O–H groups in total. The second kappa shape index (κ2) is 6.58. The molecule has 1 unspecified atom stereocenters. The topological polar surface area (TPSA) is 18.5 Å². The highest BCUT2D eigenvalue weighted by Crippen LogP contribution is 2.09. The van der Waals surface area contributed by atoms with Crippen molar-refractivity contribution in [2.75, 3.05) is 46.3 Å². The molecule has 0 bridgehead atoms. The Morgan fingerprint density at radius 2 is 1.94 bits per heavy atom. The van der Waals surface area contributed by atoms with Crippen LogP contribution in [0.5, 0.6) is 0 Å². The molecule has 16 heavy (non-hydrogen) atoms. The van der Waals surface area contributed by atoms with Crippen molar-refractivity contribution < 1.29 is 0 Å². The van der Waals surface area contributed by atoms with Crippen molar-refractivity contribution in [3.63, 3.8) is 0 Å². The summed E-state index contributed by atoms with van der Waals surface area (Å²) in [5, 5.41) is 3.68. The standard InChI is InChI=1S/C13H27N3/c1-15-11-6-13(12-15)14-7-5-10-16-8-3-2-4-9-16/h13-14H,2-12H2,1H3. The van der Waals surface area contributed by atoms with Crippen LogP contribution in [-0.4, -0.2) is 62.2 Å². The number of piperidine rings is 1. The molecule has 0 amide bonds. The Kier molecular flexibility index (Phi) is 5.07. The third-order valence-electron chi connectivity index (χ3n) is 3.92. The number of hydrogen-bond donors (Lipinski definition) is 1. The molecule has 1 atom stereocenters. The van der Waals surface area contributed by atoms with Gasteiger partial charge in [0.25, 0.3) is 0 Å². The van der Waals surface area contributed by atoms with Gasteiger partial charge in [-0.1, -0.05) is 6.42 Å². The fourth-order valence-corrected chi connectivity index (χ4v) is 2.89. The van der Waals surface area contributed by atoms with Crippen LogP contribution in [0.1, 0.15) is 32.1 Å². The van der Waals surface area contributed by atoms with Crippen LogP contribution in [0.2, 0.25) is 0 Å². The molecule has 3 heteroatoms. The summed E-state index contributed by atoms with van der Waals surface area (Å²) in [4.78, 5) is 5.05. The minimum atomic E-state index is 0.756. The maximum Gasteiger partial charge on any atom is 0.0207 e. The molecule has 0 aromatic rings. The highest BCUT2D eigenvalue weighted by atomic mass is 15.2. The van der Waals surface area contributed by atoms with E-state index in [1.54, 1.807) is 0 Å². The van der Waals surface area contributed by atoms with Crippen LogP contribution in [0.25, 0.3) is 0 Å². The van der Waals surface area contributed by atoms with Gasteiger partial charge in [-0.25, -0.2) is 0 Å². The number of likely N-dealkylation sites (tertiary alicyclic amines) is 2. The first kappa shape index (κ1) is 12.3. The lowest BCUT2D eigenvalue weighted by Crippen LogP contribution is -2.35. The molecule has 2 fully saturated rings. The fraction of sp³-hybridized carbons (Fsp3) is 1.00. The molecule has 0 radical (unpaired) electrons. The highest BCUT2D eigenvalue weighted by Gasteiger charge is 2.18. The van der Waals surface area contributed by atoms with E-state index in [2.05, 4.69) is 22.2 Å². The smallest absolute Gasteiger partial charge is 0.0207 e. The van der Waals surface area contributed by atoms with Crippen LogP contribution in [0, 0.1) is 0 Å². The number of hydrogen-bond acceptors (Lipinski definition) is 3. The lowest BCUT2D eigenvalue weighted by molar-refractivity contribution is 0.225. The molecule has 2 aliphatic rings. The fourth-order valence-electron chi connectivity index (χ4n) is 2.89. The summed E-state index contributed by atoms with van der Waals surface area (Å²) >= 11 is 0. The molecule has 94 valence electrons. The molecule has 3 nitrogen and oxygen atoms in total. The van der Waals surface area contributed by atoms with Crippen LogP contribution in [0.15, 0.2) is 0 Å². The number of nitrogens with zero attached hydrogens (tertiary/aromatic N) is 2. The van der Waals surface area contributed by atoms with Crippen molar-refractivity contribution in [1.29, 1.82) is 0 Å². The second-order valence-corrected chi connectivity index (χ2v) is 5.46. The molecule has 0 spiro atoms. The normalized spacial score (nSPS) is 28.7. The summed E-state index contributed by atoms with van der Waals surface area (Å²) in [6.45, 7) is 7.69. The molecule has 0 saturated carbocycles. The van der Waals surface area contributed by atoms with E-state index >= 15 is 0 Å². The zero-order valence-electron chi connectivity index (χ0n) is 10.7. The van der Waals surface area contributed by atoms with E-state index in [1.807, 2.05) is 0 Å². The Hall–Kier alpha value is -0.120. The maximum atomic E-state index is 3.68. The van der Waals surface area contributed by atoms with E-state index in [1.165, 1.54) is 71.4 Å². The molecule has 0 aliphatic carbocycles. The largest absolute Gasteiger partial charge is 0.313 e. The van der Waals surface area contributed by atoms with Gasteiger partial charge in [-0.2, -0.15) is 0 Å². The van der Waals surface area contributed by atoms with Crippen molar-refractivity contribution in [2.24, 2.45) is 0 Å². The molecule has 0 aromatic heterocycles. The summed E-state index contributed by atoms with van der Waals surface area (Å²) in [6.07, 6.45) is 6.94. The van der Waals surface area contributed by atoms with Crippen molar-refractivity contribution in [1.82, 2.24) is 15.1 Å². The average Bonchev–Trinajstić information content (AvgIpc) is 2.72. The van der Waals surface area contributed by atoms with Gasteiger partial charge < -0.3 is 15.1 Å². The minimum absolute atomic E-state index is 0.756. The molecule has 2 heterocycles. The third kappa shape index (κ3) is 4.04. The molecular formula is C13H27N3. The van der Waals surface area contributed by atoms with Gasteiger partial charge in [-0.15, -0.1) is 0 Å². The van der Waals surface area contributed by atoms with Crippen LogP contribution < -0.4 is 5.32 Å². The Balaban J connectivity index is 1.48. The lowest BCUT2D eigenvalue weighted by atomic mass is 10.1. The first-order valence-corrected chi connectivity index (χ1v) is 6.99. The molecule has 2 aliphatic heterocycles. The molecular weight excluding hydrogens is 198 g/mol. The molecule has 2 rings (SSSR count). The first-order valence-electron chi connectivity index (χ1n) is 6.99. The quantitative estimate of drug-likeness (QED) is 0.708. The second-order valence-electron chi connectivity index (χ2n) is 5.46. The van der Waals surface area contributed by atoms with Crippen molar-refractivity contribution in [3.8, 4) is 0 Å². The van der Waals surface area contributed by atoms with Gasteiger partial charge in [-0.05, 0) is 65.5 Å². The summed E-state index contributed by atoms with van der Waals surface area (Å²) in [5.41, 5.74) is 0. The number of rotatable bonds is 5. The van der Waals surface area contributed by atoms with Gasteiger partial charge >= 0.3 is 0 Å². The van der Waals surface area contributed by atoms with E-state index in [-0.39, 0.29) is 0 Å². The van der Waals surface area contributed by atoms with E-state index in [0.29, 0.717) is 0 Å². The Morgan fingerprint density at radius 3 is 2.62 bits per heavy atom. The van der Waals surface area contributed by atoms with Crippen LogP contribution in [0.3, 0.4) is 0 Å². The van der Waals surface area contributed by atoms with E-state index < -0.39 is 0 Å². The monoisotopic (exact) mass is 225 g/mol. The zero-order valence-corrected chi connectivity index (χ0v) is 10.7. The van der Waals surface area contributed by atoms with E-state index in [4.69, 9.17) is 0 Å². The summed E-state index contributed by atoms with van der Waals surface area (Å²) < 4.78 is 0. The van der Waals surface area contributed by atoms with Crippen LogP contribution >= 0.6 is 0 Å². The minimum Gasteiger partial charge on any atom is -0.313 e. The lowest BCUT2D eigenvalue weighted by Gasteiger charge is -2.26. The van der Waals surface area contributed by atoms with Crippen molar-refractivity contribution in [2.45, 2.75) is 38.1 Å². The van der Waals surface area contributed by atoms with Crippen LogP contribution in [0.4, 0.5) is 0 Å². The van der Waals surface area contributed by atoms with Gasteiger partial charge in [0.1, 0.15) is 0 Å². The zero-order chi connectivity index (χ0) is 11.2. The Labute approximate surface area is 100 Å². The van der Waals surface area contributed by atoms with Gasteiger partial charge in [0.2, 0.25) is 0 Å². The summed E-state index contributed by atoms with van der Waals surface area (Å²) in [7, 11) is 2.22. The molecule has 0 aromatic carbocycles. The predicted molar refractivity (Wildman–Crippen MR) is 68.8 cm³/mol. The van der Waals surface area contributed by atoms with E-state index in [0.717, 1.165) is 6.04 Å². The van der Waals surface area contributed by atoms with Crippen molar-refractivity contribution >= 4 is 0 Å². The number of nitrogens with one attached hydrogen (secondary N) is 1. The van der Waals surface area contributed by atoms with Gasteiger partial charge in [-0.3, -0.25) is 0 Å². The molecule has 2 saturated heterocycles. The van der Waals surface area contributed by atoms with Gasteiger partial charge in [0.05, 0.1) is 0 Å².